The summed E-state index contributed by atoms with van der Waals surface area (Å²) in [5.41, 5.74) is 0. The van der Waals surface area contributed by atoms with Crippen LogP contribution in [0.4, 0.5) is 0 Å². The molecule has 0 aromatic carbocycles. The largest absolute Gasteiger partial charge is 2.00 e. The van der Waals surface area contributed by atoms with E-state index in [-0.39, 0.29) is 111 Å². The van der Waals surface area contributed by atoms with Crippen molar-refractivity contribution in [2.24, 2.45) is 0 Å². The number of hydrogen-bond donors (Lipinski definition) is 0. The minimum absolute atomic E-state index is 0. The molecule has 0 aliphatic carbocycles. The summed E-state index contributed by atoms with van der Waals surface area (Å²) in [6.07, 6.45) is 0. The number of hydrogen-bond acceptors (Lipinski definition) is 8. The maximum atomic E-state index is 8.52. The molecule has 0 radical (unpaired) electrons. The van der Waals surface area contributed by atoms with Gasteiger partial charge in [0.05, 0.1) is 0 Å². The van der Waals surface area contributed by atoms with E-state index < -0.39 is 20.8 Å². The van der Waals surface area contributed by atoms with Crippen LogP contribution in [0.15, 0.2) is 0 Å². The van der Waals surface area contributed by atoms with Gasteiger partial charge in [-0.3, -0.25) is 16.8 Å². The second-order valence-corrected chi connectivity index (χ2v) is 2.45. The minimum atomic E-state index is -5.17. The first-order valence-electron chi connectivity index (χ1n) is 1.33. The molecule has 0 fully saturated rings. The predicted molar refractivity (Wildman–Crippen MR) is 86.6 cm³/mol. The molecule has 188 valence electrons. The van der Waals surface area contributed by atoms with Gasteiger partial charge in [0.1, 0.15) is 0 Å². The molecule has 0 heterocycles. The van der Waals surface area contributed by atoms with E-state index in [1.807, 2.05) is 0 Å². The molecule has 26 heavy (non-hydrogen) atoms. The Bertz CT molecular complexity index is 217. The molecule has 0 unspecified atom stereocenters. The fourth-order valence-electron chi connectivity index (χ4n) is 0. The molecular formula is H40Fe2O22S2+12. The van der Waals surface area contributed by atoms with E-state index in [1.165, 1.54) is 0 Å². The van der Waals surface area contributed by atoms with E-state index in [4.69, 9.17) is 35.0 Å². The smallest absolute Gasteiger partial charge is 0.759 e. The van der Waals surface area contributed by atoms with Gasteiger partial charge in [-0.05, 0) is 0 Å². The van der Waals surface area contributed by atoms with Crippen molar-refractivity contribution in [2.45, 2.75) is 0 Å². The van der Waals surface area contributed by atoms with Crippen LogP contribution in [0.2, 0.25) is 0 Å². The van der Waals surface area contributed by atoms with Gasteiger partial charge in [0.15, 0.2) is 0 Å². The molecule has 0 saturated heterocycles. The molecule has 0 saturated carbocycles. The molecule has 26 heteroatoms. The molecule has 0 amide bonds. The third-order valence-electron chi connectivity index (χ3n) is 0. The van der Waals surface area contributed by atoms with Crippen LogP contribution in [-0.2, 0) is 121 Å². The van der Waals surface area contributed by atoms with E-state index in [0.717, 1.165) is 0 Å². The topological polar surface area (TPSA) is 620 Å². The first-order chi connectivity index (χ1) is 4.00. The fraction of sp³-hybridized carbons (Fsp3) is 0. The summed E-state index contributed by atoms with van der Waals surface area (Å²) >= 11 is 0. The Balaban J connectivity index is -0.00000000190. The number of rotatable bonds is 0. The van der Waals surface area contributed by atoms with Gasteiger partial charge in [0, 0.05) is 20.8 Å². The standard InChI is InChI=1S/2Fe.2H2O4S.14H2O/c;;2*1-5(2,3)4;;;;;;;;;;;;;;/h;;2*(H2,1,2,3,4);14*1H2/q2*+2;;;;;;;;;;;;;;;;/p+8. The van der Waals surface area contributed by atoms with Gasteiger partial charge in [-0.25, -0.2) is 0 Å². The van der Waals surface area contributed by atoms with Crippen molar-refractivity contribution in [3.8, 4) is 0 Å². The van der Waals surface area contributed by atoms with Crippen LogP contribution in [0.5, 0.6) is 0 Å². The van der Waals surface area contributed by atoms with E-state index in [2.05, 4.69) is 0 Å². The van der Waals surface area contributed by atoms with Crippen molar-refractivity contribution >= 4 is 20.8 Å². The van der Waals surface area contributed by atoms with Crippen LogP contribution in [0.1, 0.15) is 0 Å². The van der Waals surface area contributed by atoms with Crippen molar-refractivity contribution in [2.75, 3.05) is 0 Å². The average molecular weight is 568 g/mol. The molecule has 0 aliphatic heterocycles. The maximum Gasteiger partial charge on any atom is 2.00 e. The summed E-state index contributed by atoms with van der Waals surface area (Å²) in [7, 11) is -10.3. The second kappa shape index (κ2) is 99.1. The molecule has 0 aromatic rings. The molecule has 40 N–H and O–H groups in total. The molecule has 0 spiro atoms. The van der Waals surface area contributed by atoms with Crippen LogP contribution >= 0.6 is 0 Å². The minimum Gasteiger partial charge on any atom is -0.759 e. The van der Waals surface area contributed by atoms with E-state index >= 15 is 0 Å². The Morgan fingerprint density at radius 1 is 0.346 bits per heavy atom. The molecule has 0 bridgehead atoms. The third-order valence-corrected chi connectivity index (χ3v) is 0. The molecule has 22 nitrogen and oxygen atoms in total. The Morgan fingerprint density at radius 3 is 0.346 bits per heavy atom. The van der Waals surface area contributed by atoms with Crippen LogP contribution in [-0.4, -0.2) is 46.0 Å². The van der Waals surface area contributed by atoms with E-state index in [1.54, 1.807) is 0 Å². The third kappa shape index (κ3) is 272000. The van der Waals surface area contributed by atoms with Gasteiger partial charge >= 0.3 is 34.1 Å². The van der Waals surface area contributed by atoms with E-state index in [0.29, 0.717) is 0 Å². The van der Waals surface area contributed by atoms with Crippen LogP contribution in [0.25, 0.3) is 0 Å². The zero-order chi connectivity index (χ0) is 9.00. The van der Waals surface area contributed by atoms with Crippen LogP contribution in [0, 0.1) is 0 Å². The summed E-state index contributed by atoms with van der Waals surface area (Å²) in [6.45, 7) is 0. The zero-order valence-electron chi connectivity index (χ0n) is 12.7. The van der Waals surface area contributed by atoms with Gasteiger partial charge in [-0.15, -0.1) is 0 Å². The van der Waals surface area contributed by atoms with Crippen molar-refractivity contribution < 1.29 is 146 Å². The average Bonchev–Trinajstić information content (AvgIpc) is 1.12. The molecular weight excluding hydrogens is 528 g/mol. The van der Waals surface area contributed by atoms with Crippen molar-refractivity contribution in [1.29, 1.82) is 0 Å². The normalized spacial score (nSPS) is 4.46. The monoisotopic (exact) mass is 568 g/mol. The van der Waals surface area contributed by atoms with Crippen molar-refractivity contribution in [3.63, 3.8) is 0 Å². The summed E-state index contributed by atoms with van der Waals surface area (Å²) in [6, 6.07) is 0. The van der Waals surface area contributed by atoms with Crippen molar-refractivity contribution in [1.82, 2.24) is 0 Å². The SMILES string of the molecule is O.O.O=S(=O)([O-])[O-].O=S(=O)([O-])[O-].[Fe+2].[Fe+2].[OH3+].[OH3+].[OH3+].[OH3+].[OH3+].[OH3+].[OH3+].[OH3+].[OH3+].[OH3+].[OH3+].[OH3+]. The summed E-state index contributed by atoms with van der Waals surface area (Å²) < 4.78 is 68.2. The molecule has 0 aliphatic rings. The zero-order valence-corrected chi connectivity index (χ0v) is 16.6. The molecule has 0 aromatic heterocycles. The van der Waals surface area contributed by atoms with Gasteiger partial charge in [0.2, 0.25) is 0 Å². The predicted octanol–water partition coefficient (Wildman–Crippen LogP) is -15.4. The first-order valence-corrected chi connectivity index (χ1v) is 4.00. The maximum absolute atomic E-state index is 8.52. The van der Waals surface area contributed by atoms with Crippen molar-refractivity contribution in [3.05, 3.63) is 0 Å². The second-order valence-electron chi connectivity index (χ2n) is 0.816. The first kappa shape index (κ1) is 247. The van der Waals surface area contributed by atoms with Gasteiger partial charge in [0.25, 0.3) is 0 Å². The van der Waals surface area contributed by atoms with Gasteiger partial charge < -0.3 is 94.9 Å². The Morgan fingerprint density at radius 2 is 0.346 bits per heavy atom. The quantitative estimate of drug-likeness (QED) is 0.116. The summed E-state index contributed by atoms with van der Waals surface area (Å²) in [4.78, 5) is 0. The molecule has 0 rings (SSSR count). The van der Waals surface area contributed by atoms with Gasteiger partial charge in [-0.2, -0.15) is 0 Å². The van der Waals surface area contributed by atoms with Gasteiger partial charge in [-0.1, -0.05) is 0 Å². The summed E-state index contributed by atoms with van der Waals surface area (Å²) in [5.74, 6) is 0. The Kier molecular flexibility index (Phi) is 941. The van der Waals surface area contributed by atoms with Crippen LogP contribution in [0.3, 0.4) is 0 Å². The Hall–Kier alpha value is 0.219. The van der Waals surface area contributed by atoms with Crippen LogP contribution < -0.4 is 0 Å². The fourth-order valence-corrected chi connectivity index (χ4v) is 0. The molecule has 0 atom stereocenters. The Labute approximate surface area is 167 Å². The summed E-state index contributed by atoms with van der Waals surface area (Å²) in [5, 5.41) is 0. The van der Waals surface area contributed by atoms with E-state index in [9.17, 15) is 0 Å².